The van der Waals surface area contributed by atoms with Gasteiger partial charge in [0.15, 0.2) is 0 Å². The number of likely N-dealkylation sites (N-methyl/N-ethyl adjacent to an activating group) is 2. The molecule has 1 N–H and O–H groups in total. The van der Waals surface area contributed by atoms with Gasteiger partial charge >= 0.3 is 5.97 Å². The third kappa shape index (κ3) is 6.47. The maximum absolute atomic E-state index is 13.1. The predicted octanol–water partition coefficient (Wildman–Crippen LogP) is 5.89. The average Bonchev–Trinajstić information content (AvgIpc) is 2.97. The van der Waals surface area contributed by atoms with E-state index in [1.165, 1.54) is 7.11 Å². The summed E-state index contributed by atoms with van der Waals surface area (Å²) >= 11 is 0. The number of hydrogen-bond donors (Lipinski definition) is 1. The van der Waals surface area contributed by atoms with Gasteiger partial charge in [-0.25, -0.2) is 4.79 Å². The predicted molar refractivity (Wildman–Crippen MR) is 153 cm³/mol. The van der Waals surface area contributed by atoms with Gasteiger partial charge in [-0.1, -0.05) is 78.9 Å². The fourth-order valence-electron chi connectivity index (χ4n) is 4.43. The van der Waals surface area contributed by atoms with E-state index in [9.17, 15) is 9.59 Å². The number of amides is 1. The van der Waals surface area contributed by atoms with Crippen molar-refractivity contribution in [3.63, 3.8) is 0 Å². The summed E-state index contributed by atoms with van der Waals surface area (Å²) in [5.74, 6) is -0.433. The standard InChI is InChI=1S/C32H33N3O3/c1-34(22-23-35(2)30(32(37)38-3)25-14-8-5-9-15-25)27-20-18-26(19-21-27)33-31(36)29-17-11-10-16-28(29)24-12-6-4-7-13-24/h4-21,30H,22-23H2,1-3H3,(H,33,36). The van der Waals surface area contributed by atoms with Crippen LogP contribution in [0.5, 0.6) is 0 Å². The number of ether oxygens (including phenoxy) is 1. The van der Waals surface area contributed by atoms with Crippen LogP contribution >= 0.6 is 0 Å². The highest BCUT2D eigenvalue weighted by molar-refractivity contribution is 6.08. The van der Waals surface area contributed by atoms with Gasteiger partial charge in [-0.3, -0.25) is 9.69 Å². The molecule has 0 aliphatic heterocycles. The Morgan fingerprint density at radius 1 is 0.763 bits per heavy atom. The van der Waals surface area contributed by atoms with Gasteiger partial charge in [0.2, 0.25) is 0 Å². The molecular formula is C32H33N3O3. The summed E-state index contributed by atoms with van der Waals surface area (Å²) in [7, 11) is 5.35. The second kappa shape index (κ2) is 12.7. The Hall–Kier alpha value is -4.42. The molecule has 6 heteroatoms. The third-order valence-electron chi connectivity index (χ3n) is 6.59. The molecule has 0 fully saturated rings. The number of nitrogens with one attached hydrogen (secondary N) is 1. The Morgan fingerprint density at radius 2 is 1.37 bits per heavy atom. The van der Waals surface area contributed by atoms with E-state index in [0.717, 1.165) is 28.1 Å². The van der Waals surface area contributed by atoms with E-state index in [1.807, 2.05) is 128 Å². The highest BCUT2D eigenvalue weighted by Crippen LogP contribution is 2.25. The van der Waals surface area contributed by atoms with Crippen LogP contribution in [0.4, 0.5) is 11.4 Å². The Bertz CT molecular complexity index is 1340. The van der Waals surface area contributed by atoms with Gasteiger partial charge in [-0.15, -0.1) is 0 Å². The average molecular weight is 508 g/mol. The topological polar surface area (TPSA) is 61.9 Å². The van der Waals surface area contributed by atoms with Crippen LogP contribution in [0.3, 0.4) is 0 Å². The molecular weight excluding hydrogens is 474 g/mol. The van der Waals surface area contributed by atoms with E-state index < -0.39 is 6.04 Å². The van der Waals surface area contributed by atoms with Crippen molar-refractivity contribution < 1.29 is 14.3 Å². The van der Waals surface area contributed by atoms with Crippen molar-refractivity contribution in [3.8, 4) is 11.1 Å². The summed E-state index contributed by atoms with van der Waals surface area (Å²) in [6.45, 7) is 1.35. The number of anilines is 2. The molecule has 0 saturated carbocycles. The van der Waals surface area contributed by atoms with E-state index in [0.29, 0.717) is 18.7 Å². The summed E-state index contributed by atoms with van der Waals surface area (Å²) < 4.78 is 5.06. The van der Waals surface area contributed by atoms with Crippen molar-refractivity contribution in [3.05, 3.63) is 120 Å². The smallest absolute Gasteiger partial charge is 0.327 e. The number of carbonyl (C=O) groups excluding carboxylic acids is 2. The zero-order valence-electron chi connectivity index (χ0n) is 22.0. The van der Waals surface area contributed by atoms with Crippen LogP contribution in [0.15, 0.2) is 109 Å². The van der Waals surface area contributed by atoms with E-state index >= 15 is 0 Å². The minimum absolute atomic E-state index is 0.151. The molecule has 0 aliphatic rings. The van der Waals surface area contributed by atoms with Gasteiger partial charge in [-0.05, 0) is 54.1 Å². The first kappa shape index (κ1) is 26.6. The lowest BCUT2D eigenvalue weighted by molar-refractivity contribution is -0.146. The van der Waals surface area contributed by atoms with Crippen molar-refractivity contribution in [1.82, 2.24) is 4.90 Å². The molecule has 0 heterocycles. The first-order valence-corrected chi connectivity index (χ1v) is 12.6. The molecule has 4 aromatic rings. The number of carbonyl (C=O) groups is 2. The fourth-order valence-corrected chi connectivity index (χ4v) is 4.43. The van der Waals surface area contributed by atoms with E-state index in [1.54, 1.807) is 0 Å². The van der Waals surface area contributed by atoms with Crippen molar-refractivity contribution in [1.29, 1.82) is 0 Å². The number of benzene rings is 4. The highest BCUT2D eigenvalue weighted by atomic mass is 16.5. The largest absolute Gasteiger partial charge is 0.468 e. The highest BCUT2D eigenvalue weighted by Gasteiger charge is 2.26. The monoisotopic (exact) mass is 507 g/mol. The molecule has 4 aromatic carbocycles. The number of methoxy groups -OCH3 is 1. The van der Waals surface area contributed by atoms with Crippen LogP contribution in [0, 0.1) is 0 Å². The van der Waals surface area contributed by atoms with Crippen molar-refractivity contribution in [2.24, 2.45) is 0 Å². The SMILES string of the molecule is COC(=O)C(c1ccccc1)N(C)CCN(C)c1ccc(NC(=O)c2ccccc2-c2ccccc2)cc1. The lowest BCUT2D eigenvalue weighted by Crippen LogP contribution is -2.37. The lowest BCUT2D eigenvalue weighted by Gasteiger charge is -2.29. The van der Waals surface area contributed by atoms with E-state index in [4.69, 9.17) is 4.74 Å². The molecule has 1 atom stereocenters. The number of hydrogen-bond acceptors (Lipinski definition) is 5. The van der Waals surface area contributed by atoms with Gasteiger partial charge in [0, 0.05) is 37.1 Å². The van der Waals surface area contributed by atoms with Crippen molar-refractivity contribution >= 4 is 23.3 Å². The van der Waals surface area contributed by atoms with Gasteiger partial charge in [0.1, 0.15) is 6.04 Å². The Balaban J connectivity index is 1.38. The van der Waals surface area contributed by atoms with Gasteiger partial charge in [0.05, 0.1) is 7.11 Å². The van der Waals surface area contributed by atoms with E-state index in [2.05, 4.69) is 10.2 Å². The zero-order chi connectivity index (χ0) is 26.9. The second-order valence-electron chi connectivity index (χ2n) is 9.15. The maximum Gasteiger partial charge on any atom is 0.327 e. The molecule has 0 radical (unpaired) electrons. The first-order chi connectivity index (χ1) is 18.5. The molecule has 1 amide bonds. The number of esters is 1. The normalized spacial score (nSPS) is 11.6. The quantitative estimate of drug-likeness (QED) is 0.271. The minimum atomic E-state index is -0.467. The van der Waals surface area contributed by atoms with Crippen LogP contribution in [0.1, 0.15) is 22.0 Å². The summed E-state index contributed by atoms with van der Waals surface area (Å²) in [6.07, 6.45) is 0. The first-order valence-electron chi connectivity index (χ1n) is 12.6. The molecule has 0 spiro atoms. The Kier molecular flexibility index (Phi) is 8.90. The Labute approximate surface area is 224 Å². The lowest BCUT2D eigenvalue weighted by atomic mass is 9.99. The number of rotatable bonds is 10. The van der Waals surface area contributed by atoms with Crippen LogP contribution < -0.4 is 10.2 Å². The fraction of sp³-hybridized carbons (Fsp3) is 0.188. The van der Waals surface area contributed by atoms with Crippen LogP contribution in [0.25, 0.3) is 11.1 Å². The summed E-state index contributed by atoms with van der Waals surface area (Å²) in [5.41, 5.74) is 5.16. The third-order valence-corrected chi connectivity index (χ3v) is 6.59. The van der Waals surface area contributed by atoms with Crippen LogP contribution in [0.2, 0.25) is 0 Å². The Morgan fingerprint density at radius 3 is 2.03 bits per heavy atom. The number of nitrogens with zero attached hydrogens (tertiary/aromatic N) is 2. The maximum atomic E-state index is 13.1. The minimum Gasteiger partial charge on any atom is -0.468 e. The van der Waals surface area contributed by atoms with Gasteiger partial charge in [-0.2, -0.15) is 0 Å². The van der Waals surface area contributed by atoms with Crippen LogP contribution in [-0.4, -0.2) is 51.1 Å². The summed E-state index contributed by atoms with van der Waals surface area (Å²) in [6, 6.07) is 34.5. The molecule has 6 nitrogen and oxygen atoms in total. The van der Waals surface area contributed by atoms with Crippen molar-refractivity contribution in [2.75, 3.05) is 44.5 Å². The second-order valence-corrected chi connectivity index (χ2v) is 9.15. The summed E-state index contributed by atoms with van der Waals surface area (Å²) in [4.78, 5) is 29.7. The molecule has 0 aromatic heterocycles. The van der Waals surface area contributed by atoms with Gasteiger partial charge in [0.25, 0.3) is 5.91 Å². The molecule has 0 aliphatic carbocycles. The van der Waals surface area contributed by atoms with Crippen molar-refractivity contribution in [2.45, 2.75) is 6.04 Å². The molecule has 0 bridgehead atoms. The molecule has 0 saturated heterocycles. The van der Waals surface area contributed by atoms with Crippen LogP contribution in [-0.2, 0) is 9.53 Å². The molecule has 4 rings (SSSR count). The zero-order valence-corrected chi connectivity index (χ0v) is 22.0. The molecule has 38 heavy (non-hydrogen) atoms. The molecule has 194 valence electrons. The molecule has 1 unspecified atom stereocenters. The summed E-state index contributed by atoms with van der Waals surface area (Å²) in [5, 5.41) is 3.02. The van der Waals surface area contributed by atoms with Gasteiger partial charge < -0.3 is 15.0 Å². The van der Waals surface area contributed by atoms with E-state index in [-0.39, 0.29) is 11.9 Å².